The van der Waals surface area contributed by atoms with Crippen molar-refractivity contribution in [3.63, 3.8) is 0 Å². The van der Waals surface area contributed by atoms with Gasteiger partial charge in [0.15, 0.2) is 0 Å². The number of hydrogen-bond donors (Lipinski definition) is 0. The number of hydrogen-bond acceptors (Lipinski definition) is 1. The quantitative estimate of drug-likeness (QED) is 0.622. The van der Waals surface area contributed by atoms with Crippen LogP contribution in [-0.2, 0) is 4.74 Å². The van der Waals surface area contributed by atoms with Crippen LogP contribution in [0.5, 0.6) is 0 Å². The van der Waals surface area contributed by atoms with E-state index >= 15 is 0 Å². The molecule has 1 aliphatic rings. The summed E-state index contributed by atoms with van der Waals surface area (Å²) in [5.74, 6) is 0.547. The molecule has 1 heteroatoms. The molecular formula is C13H22O. The Morgan fingerprint density at radius 1 is 1.50 bits per heavy atom. The lowest BCUT2D eigenvalue weighted by molar-refractivity contribution is 0.00876. The molecule has 80 valence electrons. The number of allylic oxidation sites excluding steroid dienone is 2. The number of ether oxygens (including phenoxy) is 1. The lowest BCUT2D eigenvalue weighted by Gasteiger charge is -2.24. The van der Waals surface area contributed by atoms with Gasteiger partial charge in [0.2, 0.25) is 0 Å². The maximum Gasteiger partial charge on any atom is 0.0687 e. The van der Waals surface area contributed by atoms with E-state index in [1.54, 1.807) is 0 Å². The first-order valence-electron chi connectivity index (χ1n) is 5.47. The first-order valence-corrected chi connectivity index (χ1v) is 5.47. The second kappa shape index (κ2) is 4.79. The van der Waals surface area contributed by atoms with E-state index in [0.29, 0.717) is 12.5 Å². The van der Waals surface area contributed by atoms with Crippen LogP contribution in [-0.4, -0.2) is 12.2 Å². The molecule has 1 unspecified atom stereocenters. The molecule has 1 aliphatic carbocycles. The number of rotatable bonds is 3. The van der Waals surface area contributed by atoms with Gasteiger partial charge in [0, 0.05) is 0 Å². The van der Waals surface area contributed by atoms with Crippen molar-refractivity contribution in [3.05, 3.63) is 24.3 Å². The van der Waals surface area contributed by atoms with Gasteiger partial charge in [-0.1, -0.05) is 18.7 Å². The molecule has 0 heterocycles. The van der Waals surface area contributed by atoms with Gasteiger partial charge < -0.3 is 4.74 Å². The summed E-state index contributed by atoms with van der Waals surface area (Å²) in [4.78, 5) is 0. The molecule has 0 aromatic rings. The standard InChI is InChI=1S/C13H22O/c1-11(10-14-13(2,3)4)12-8-6-5-7-9-12/h6,8,12H,1,5,7,9-10H2,2-4H3. The molecule has 0 aliphatic heterocycles. The van der Waals surface area contributed by atoms with Gasteiger partial charge in [0.05, 0.1) is 12.2 Å². The van der Waals surface area contributed by atoms with Crippen molar-refractivity contribution in [1.29, 1.82) is 0 Å². The zero-order valence-electron chi connectivity index (χ0n) is 9.68. The van der Waals surface area contributed by atoms with Crippen LogP contribution in [0.1, 0.15) is 40.0 Å². The fourth-order valence-corrected chi connectivity index (χ4v) is 1.57. The molecule has 0 amide bonds. The Hall–Kier alpha value is -0.560. The maximum atomic E-state index is 5.71. The van der Waals surface area contributed by atoms with Gasteiger partial charge in [0.1, 0.15) is 0 Å². The van der Waals surface area contributed by atoms with Crippen LogP contribution >= 0.6 is 0 Å². The molecule has 0 saturated carbocycles. The smallest absolute Gasteiger partial charge is 0.0687 e. The van der Waals surface area contributed by atoms with Crippen LogP contribution in [0, 0.1) is 5.92 Å². The molecule has 0 saturated heterocycles. The summed E-state index contributed by atoms with van der Waals surface area (Å²) < 4.78 is 5.71. The highest BCUT2D eigenvalue weighted by atomic mass is 16.5. The maximum absolute atomic E-state index is 5.71. The molecule has 1 nitrogen and oxygen atoms in total. The Kier molecular flexibility index (Phi) is 3.94. The summed E-state index contributed by atoms with van der Waals surface area (Å²) >= 11 is 0. The zero-order chi connectivity index (χ0) is 10.6. The largest absolute Gasteiger partial charge is 0.372 e. The molecular weight excluding hydrogens is 172 g/mol. The topological polar surface area (TPSA) is 9.23 Å². The highest BCUT2D eigenvalue weighted by molar-refractivity contribution is 5.12. The fraction of sp³-hybridized carbons (Fsp3) is 0.692. The van der Waals surface area contributed by atoms with Gasteiger partial charge >= 0.3 is 0 Å². The molecule has 0 radical (unpaired) electrons. The minimum atomic E-state index is -0.0542. The molecule has 1 atom stereocenters. The van der Waals surface area contributed by atoms with Gasteiger partial charge in [-0.15, -0.1) is 0 Å². The molecule has 1 rings (SSSR count). The van der Waals surface area contributed by atoms with Crippen LogP contribution in [0.4, 0.5) is 0 Å². The van der Waals surface area contributed by atoms with E-state index in [4.69, 9.17) is 4.74 Å². The minimum Gasteiger partial charge on any atom is -0.372 e. The molecule has 0 aromatic carbocycles. The summed E-state index contributed by atoms with van der Waals surface area (Å²) in [5, 5.41) is 0. The van der Waals surface area contributed by atoms with Crippen LogP contribution < -0.4 is 0 Å². The van der Waals surface area contributed by atoms with Crippen molar-refractivity contribution in [2.75, 3.05) is 6.61 Å². The third-order valence-corrected chi connectivity index (χ3v) is 2.47. The Balaban J connectivity index is 2.34. The molecule has 14 heavy (non-hydrogen) atoms. The second-order valence-corrected chi connectivity index (χ2v) is 5.02. The first-order chi connectivity index (χ1) is 6.49. The average molecular weight is 194 g/mol. The summed E-state index contributed by atoms with van der Waals surface area (Å²) in [6.45, 7) is 11.0. The van der Waals surface area contributed by atoms with Crippen LogP contribution in [0.15, 0.2) is 24.3 Å². The lowest BCUT2D eigenvalue weighted by Crippen LogP contribution is -2.22. The Labute approximate surface area is 87.8 Å². The predicted molar refractivity (Wildman–Crippen MR) is 61.3 cm³/mol. The summed E-state index contributed by atoms with van der Waals surface area (Å²) in [6, 6.07) is 0. The van der Waals surface area contributed by atoms with E-state index in [0.717, 1.165) is 0 Å². The second-order valence-electron chi connectivity index (χ2n) is 5.02. The van der Waals surface area contributed by atoms with Gasteiger partial charge in [-0.25, -0.2) is 0 Å². The van der Waals surface area contributed by atoms with Crippen LogP contribution in [0.3, 0.4) is 0 Å². The van der Waals surface area contributed by atoms with Crippen LogP contribution in [0.25, 0.3) is 0 Å². The molecule has 0 fully saturated rings. The van der Waals surface area contributed by atoms with E-state index < -0.39 is 0 Å². The Morgan fingerprint density at radius 3 is 2.71 bits per heavy atom. The van der Waals surface area contributed by atoms with Gasteiger partial charge in [0.25, 0.3) is 0 Å². The SMILES string of the molecule is C=C(COC(C)(C)C)C1C=CCCC1. The summed E-state index contributed by atoms with van der Waals surface area (Å²) in [5.41, 5.74) is 1.16. The van der Waals surface area contributed by atoms with Gasteiger partial charge in [-0.3, -0.25) is 0 Å². The predicted octanol–water partition coefficient (Wildman–Crippen LogP) is 3.71. The molecule has 0 bridgehead atoms. The van der Waals surface area contributed by atoms with Crippen molar-refractivity contribution in [2.24, 2.45) is 5.92 Å². The molecule has 0 spiro atoms. The van der Waals surface area contributed by atoms with Gasteiger partial charge in [-0.2, -0.15) is 0 Å². The fourth-order valence-electron chi connectivity index (χ4n) is 1.57. The highest BCUT2D eigenvalue weighted by Gasteiger charge is 2.15. The Bertz CT molecular complexity index is 220. The highest BCUT2D eigenvalue weighted by Crippen LogP contribution is 2.24. The molecule has 0 N–H and O–H groups in total. The zero-order valence-corrected chi connectivity index (χ0v) is 9.68. The minimum absolute atomic E-state index is 0.0542. The van der Waals surface area contributed by atoms with Crippen molar-refractivity contribution < 1.29 is 4.74 Å². The van der Waals surface area contributed by atoms with Crippen molar-refractivity contribution >= 4 is 0 Å². The summed E-state index contributed by atoms with van der Waals surface area (Å²) in [6.07, 6.45) is 8.29. The normalized spacial score (nSPS) is 22.4. The van der Waals surface area contributed by atoms with Crippen molar-refractivity contribution in [1.82, 2.24) is 0 Å². The van der Waals surface area contributed by atoms with E-state index in [1.165, 1.54) is 24.8 Å². The van der Waals surface area contributed by atoms with E-state index in [9.17, 15) is 0 Å². The van der Waals surface area contributed by atoms with E-state index in [2.05, 4.69) is 39.5 Å². The monoisotopic (exact) mass is 194 g/mol. The first kappa shape index (κ1) is 11.5. The van der Waals surface area contributed by atoms with Crippen LogP contribution in [0.2, 0.25) is 0 Å². The Morgan fingerprint density at radius 2 is 2.21 bits per heavy atom. The third kappa shape index (κ3) is 4.10. The lowest BCUT2D eigenvalue weighted by atomic mass is 9.90. The average Bonchev–Trinajstić information content (AvgIpc) is 2.14. The third-order valence-electron chi connectivity index (χ3n) is 2.47. The van der Waals surface area contributed by atoms with E-state index in [1.807, 2.05) is 0 Å². The van der Waals surface area contributed by atoms with Crippen molar-refractivity contribution in [3.8, 4) is 0 Å². The van der Waals surface area contributed by atoms with Gasteiger partial charge in [-0.05, 0) is 51.5 Å². The summed E-state index contributed by atoms with van der Waals surface area (Å²) in [7, 11) is 0. The van der Waals surface area contributed by atoms with E-state index in [-0.39, 0.29) is 5.60 Å². The molecule has 0 aromatic heterocycles. The van der Waals surface area contributed by atoms with Crippen molar-refractivity contribution in [2.45, 2.75) is 45.6 Å².